The summed E-state index contributed by atoms with van der Waals surface area (Å²) in [7, 11) is 0. The van der Waals surface area contributed by atoms with E-state index >= 15 is 0 Å². The summed E-state index contributed by atoms with van der Waals surface area (Å²) in [6.45, 7) is 10.6. The van der Waals surface area contributed by atoms with Crippen molar-refractivity contribution in [2.75, 3.05) is 36.0 Å². The number of hydrogen-bond donors (Lipinski definition) is 1. The summed E-state index contributed by atoms with van der Waals surface area (Å²) in [5.41, 5.74) is 9.50. The van der Waals surface area contributed by atoms with Crippen LogP contribution in [0.5, 0.6) is 0 Å². The highest BCUT2D eigenvalue weighted by atomic mass is 16.1. The zero-order chi connectivity index (χ0) is 19.6. The Hall–Kier alpha value is -2.84. The van der Waals surface area contributed by atoms with Crippen LogP contribution < -0.4 is 15.5 Å². The molecule has 0 spiro atoms. The summed E-state index contributed by atoms with van der Waals surface area (Å²) in [4.78, 5) is 20.8. The van der Waals surface area contributed by atoms with Gasteiger partial charge < -0.3 is 15.5 Å². The molecule has 0 aromatic carbocycles. The predicted molar refractivity (Wildman–Crippen MR) is 103 cm³/mol. The summed E-state index contributed by atoms with van der Waals surface area (Å²) < 4.78 is 0. The molecule has 0 radical (unpaired) electrons. The number of piperazine rings is 1. The quantitative estimate of drug-likeness (QED) is 0.823. The van der Waals surface area contributed by atoms with E-state index in [0.29, 0.717) is 49.2 Å². The molecule has 0 atom stereocenters. The molecule has 3 heterocycles. The molecule has 2 aromatic rings. The van der Waals surface area contributed by atoms with Crippen LogP contribution in [-0.2, 0) is 12.8 Å². The average molecular weight is 370 g/mol. The summed E-state index contributed by atoms with van der Waals surface area (Å²) in [6, 6.07) is 0. The minimum Gasteiger partial charge on any atom is -0.365 e. The lowest BCUT2D eigenvalue weighted by Gasteiger charge is -2.35. The highest BCUT2D eigenvalue weighted by Gasteiger charge is 2.26. The molecule has 1 aliphatic rings. The average Bonchev–Trinajstić information content (AvgIpc) is 2.69. The number of aryl methyl sites for hydroxylation is 3. The van der Waals surface area contributed by atoms with E-state index in [9.17, 15) is 4.79 Å². The van der Waals surface area contributed by atoms with Gasteiger partial charge in [0.1, 0.15) is 0 Å². The molecule has 0 unspecified atom stereocenters. The van der Waals surface area contributed by atoms with Crippen molar-refractivity contribution < 1.29 is 4.79 Å². The highest BCUT2D eigenvalue weighted by molar-refractivity contribution is 5.99. The van der Waals surface area contributed by atoms with Crippen molar-refractivity contribution in [2.24, 2.45) is 5.73 Å². The Bertz CT molecular complexity index is 845. The third-order valence-electron chi connectivity index (χ3n) is 5.04. The molecule has 144 valence electrons. The van der Waals surface area contributed by atoms with Gasteiger partial charge in [0.2, 0.25) is 5.95 Å². The number of nitrogens with zero attached hydrogens (tertiary/aromatic N) is 7. The molecule has 0 aliphatic carbocycles. The molecule has 3 rings (SSSR count). The lowest BCUT2D eigenvalue weighted by molar-refractivity contribution is 0.0999. The Balaban J connectivity index is 1.79. The maximum absolute atomic E-state index is 11.9. The molecule has 2 aromatic heterocycles. The fraction of sp³-hybridized carbons (Fsp3) is 0.556. The van der Waals surface area contributed by atoms with E-state index in [2.05, 4.69) is 44.1 Å². The lowest BCUT2D eigenvalue weighted by atomic mass is 10.1. The van der Waals surface area contributed by atoms with Gasteiger partial charge in [0.15, 0.2) is 5.82 Å². The summed E-state index contributed by atoms with van der Waals surface area (Å²) in [6.07, 6.45) is 1.67. The molecule has 0 saturated carbocycles. The third kappa shape index (κ3) is 3.67. The van der Waals surface area contributed by atoms with Crippen LogP contribution in [0.25, 0.3) is 0 Å². The number of carbonyl (C=O) groups is 1. The molecule has 1 aliphatic heterocycles. The van der Waals surface area contributed by atoms with Crippen LogP contribution in [0.2, 0.25) is 0 Å². The first kappa shape index (κ1) is 18.9. The normalized spacial score (nSPS) is 14.5. The standard InChI is InChI=1S/C18H26N8O/c1-5-13-14(6-2)22-24-18(20-13)26-9-7-25(8-10-26)17-15(16(19)27)11(3)12(4)21-23-17/h5-10H2,1-4H3,(H2,19,27). The number of anilines is 2. The van der Waals surface area contributed by atoms with Gasteiger partial charge in [-0.2, -0.15) is 10.2 Å². The van der Waals surface area contributed by atoms with E-state index in [-0.39, 0.29) is 0 Å². The van der Waals surface area contributed by atoms with Crippen LogP contribution in [0.1, 0.15) is 46.9 Å². The number of aromatic nitrogens is 5. The van der Waals surface area contributed by atoms with Crippen LogP contribution >= 0.6 is 0 Å². The topological polar surface area (TPSA) is 114 Å². The second-order valence-electron chi connectivity index (χ2n) is 6.66. The SMILES string of the molecule is CCc1nnc(N2CCN(c3nnc(C)c(C)c3C(N)=O)CC2)nc1CC. The molecule has 1 fully saturated rings. The molecule has 1 saturated heterocycles. The molecule has 9 nitrogen and oxygen atoms in total. The largest absolute Gasteiger partial charge is 0.365 e. The first-order chi connectivity index (χ1) is 13.0. The molecular formula is C18H26N8O. The van der Waals surface area contributed by atoms with Crippen LogP contribution in [0.4, 0.5) is 11.8 Å². The van der Waals surface area contributed by atoms with Gasteiger partial charge >= 0.3 is 0 Å². The van der Waals surface area contributed by atoms with E-state index in [1.54, 1.807) is 0 Å². The second kappa shape index (κ2) is 7.81. The van der Waals surface area contributed by atoms with E-state index in [0.717, 1.165) is 29.8 Å². The van der Waals surface area contributed by atoms with Crippen molar-refractivity contribution in [3.63, 3.8) is 0 Å². The maximum atomic E-state index is 11.9. The van der Waals surface area contributed by atoms with E-state index in [1.807, 2.05) is 18.7 Å². The highest BCUT2D eigenvalue weighted by Crippen LogP contribution is 2.23. The summed E-state index contributed by atoms with van der Waals surface area (Å²) in [5.74, 6) is 0.739. The predicted octanol–water partition coefficient (Wildman–Crippen LogP) is 0.829. The Morgan fingerprint density at radius 1 is 0.926 bits per heavy atom. The lowest BCUT2D eigenvalue weighted by Crippen LogP contribution is -2.48. The Morgan fingerprint density at radius 2 is 1.56 bits per heavy atom. The van der Waals surface area contributed by atoms with Gasteiger partial charge in [-0.3, -0.25) is 4.79 Å². The van der Waals surface area contributed by atoms with Crippen LogP contribution in [-0.4, -0.2) is 57.5 Å². The van der Waals surface area contributed by atoms with Gasteiger partial charge in [-0.1, -0.05) is 13.8 Å². The second-order valence-corrected chi connectivity index (χ2v) is 6.66. The van der Waals surface area contributed by atoms with Gasteiger partial charge in [-0.25, -0.2) is 4.98 Å². The zero-order valence-corrected chi connectivity index (χ0v) is 16.4. The fourth-order valence-electron chi connectivity index (χ4n) is 3.29. The Kier molecular flexibility index (Phi) is 5.48. The number of amides is 1. The smallest absolute Gasteiger partial charge is 0.252 e. The van der Waals surface area contributed by atoms with Crippen molar-refractivity contribution in [3.05, 3.63) is 28.2 Å². The Morgan fingerprint density at radius 3 is 2.15 bits per heavy atom. The molecule has 1 amide bonds. The van der Waals surface area contributed by atoms with Crippen molar-refractivity contribution in [1.82, 2.24) is 25.4 Å². The summed E-state index contributed by atoms with van der Waals surface area (Å²) in [5, 5.41) is 17.0. The van der Waals surface area contributed by atoms with Crippen LogP contribution in [0.3, 0.4) is 0 Å². The minimum atomic E-state index is -0.474. The third-order valence-corrected chi connectivity index (χ3v) is 5.04. The van der Waals surface area contributed by atoms with E-state index < -0.39 is 5.91 Å². The van der Waals surface area contributed by atoms with Crippen molar-refractivity contribution in [1.29, 1.82) is 0 Å². The van der Waals surface area contributed by atoms with Crippen LogP contribution in [0.15, 0.2) is 0 Å². The molecule has 9 heteroatoms. The minimum absolute atomic E-state index is 0.453. The van der Waals surface area contributed by atoms with Gasteiger partial charge in [-0.05, 0) is 32.3 Å². The van der Waals surface area contributed by atoms with E-state index in [4.69, 9.17) is 5.73 Å². The number of hydrogen-bond acceptors (Lipinski definition) is 8. The van der Waals surface area contributed by atoms with Crippen molar-refractivity contribution >= 4 is 17.7 Å². The maximum Gasteiger partial charge on any atom is 0.252 e. The molecule has 0 bridgehead atoms. The first-order valence-electron chi connectivity index (χ1n) is 9.32. The Labute approximate surface area is 159 Å². The van der Waals surface area contributed by atoms with E-state index in [1.165, 1.54) is 0 Å². The fourth-order valence-corrected chi connectivity index (χ4v) is 3.29. The molecular weight excluding hydrogens is 344 g/mol. The van der Waals surface area contributed by atoms with Crippen molar-refractivity contribution in [3.8, 4) is 0 Å². The zero-order valence-electron chi connectivity index (χ0n) is 16.4. The first-order valence-corrected chi connectivity index (χ1v) is 9.32. The summed E-state index contributed by atoms with van der Waals surface area (Å²) >= 11 is 0. The number of nitrogens with two attached hydrogens (primary N) is 1. The molecule has 27 heavy (non-hydrogen) atoms. The number of rotatable bonds is 5. The van der Waals surface area contributed by atoms with Gasteiger partial charge in [-0.15, -0.1) is 10.2 Å². The van der Waals surface area contributed by atoms with Gasteiger partial charge in [0.05, 0.1) is 22.6 Å². The van der Waals surface area contributed by atoms with Gasteiger partial charge in [0, 0.05) is 26.2 Å². The van der Waals surface area contributed by atoms with Gasteiger partial charge in [0.25, 0.3) is 5.91 Å². The molecule has 2 N–H and O–H groups in total. The van der Waals surface area contributed by atoms with Crippen LogP contribution in [0, 0.1) is 13.8 Å². The van der Waals surface area contributed by atoms with Crippen molar-refractivity contribution in [2.45, 2.75) is 40.5 Å². The number of carbonyl (C=O) groups excluding carboxylic acids is 1. The number of primary amides is 1. The monoisotopic (exact) mass is 370 g/mol.